The number of hydrogen-bond acceptors (Lipinski definition) is 7. The highest BCUT2D eigenvalue weighted by Gasteiger charge is 2.13. The summed E-state index contributed by atoms with van der Waals surface area (Å²) in [4.78, 5) is 8.88. The van der Waals surface area contributed by atoms with Gasteiger partial charge in [0.2, 0.25) is 0 Å². The van der Waals surface area contributed by atoms with Crippen LogP contribution in [0.3, 0.4) is 0 Å². The number of anilines is 1. The third-order valence-corrected chi connectivity index (χ3v) is 4.99. The van der Waals surface area contributed by atoms with Gasteiger partial charge in [0.15, 0.2) is 23.1 Å². The molecule has 7 nitrogen and oxygen atoms in total. The molecule has 0 saturated heterocycles. The van der Waals surface area contributed by atoms with E-state index in [0.29, 0.717) is 33.2 Å². The number of methoxy groups -OCH3 is 2. The topological polar surface area (TPSA) is 88.9 Å². The first-order valence-corrected chi connectivity index (χ1v) is 10.0. The molecule has 3 aromatic rings. The Morgan fingerprint density at radius 2 is 1.79 bits per heavy atom. The van der Waals surface area contributed by atoms with Crippen molar-refractivity contribution in [2.75, 3.05) is 19.6 Å². The Bertz CT molecular complexity index is 1070. The van der Waals surface area contributed by atoms with Crippen molar-refractivity contribution in [1.82, 2.24) is 9.97 Å². The number of phenols is 1. The lowest BCUT2D eigenvalue weighted by atomic mass is 10.2. The lowest BCUT2D eigenvalue weighted by Crippen LogP contribution is -1.99. The molecule has 0 atom stereocenters. The predicted octanol–water partition coefficient (Wildman–Crippen LogP) is 5.15. The molecule has 9 heteroatoms. The van der Waals surface area contributed by atoms with E-state index in [0.717, 1.165) is 15.7 Å². The Hall–Kier alpha value is -2.65. The van der Waals surface area contributed by atoms with Gasteiger partial charge in [0.25, 0.3) is 0 Å². The van der Waals surface area contributed by atoms with E-state index in [9.17, 15) is 5.11 Å². The molecule has 0 aliphatic rings. The van der Waals surface area contributed by atoms with Crippen molar-refractivity contribution >= 4 is 43.9 Å². The molecule has 29 heavy (non-hydrogen) atoms. The Kier molecular flexibility index (Phi) is 6.71. The van der Waals surface area contributed by atoms with Crippen LogP contribution in [0, 0.1) is 6.92 Å². The molecular weight excluding hydrogens is 504 g/mol. The number of aromatic hydroxyl groups is 1. The molecule has 150 valence electrons. The van der Waals surface area contributed by atoms with Gasteiger partial charge in [0.1, 0.15) is 5.75 Å². The summed E-state index contributed by atoms with van der Waals surface area (Å²) in [6, 6.07) is 10.8. The minimum absolute atomic E-state index is 0.0681. The Morgan fingerprint density at radius 3 is 2.52 bits per heavy atom. The van der Waals surface area contributed by atoms with Crippen LogP contribution in [0.25, 0.3) is 11.4 Å². The second-order valence-corrected chi connectivity index (χ2v) is 7.76. The molecule has 2 aromatic carbocycles. The first-order valence-electron chi connectivity index (χ1n) is 8.46. The van der Waals surface area contributed by atoms with E-state index in [1.54, 1.807) is 44.7 Å². The number of rotatable bonds is 6. The molecule has 0 amide bonds. The number of hydrogen-bond donors (Lipinski definition) is 2. The predicted molar refractivity (Wildman–Crippen MR) is 120 cm³/mol. The van der Waals surface area contributed by atoms with Gasteiger partial charge in [0.05, 0.1) is 30.5 Å². The van der Waals surface area contributed by atoms with Crippen molar-refractivity contribution in [2.45, 2.75) is 6.92 Å². The Morgan fingerprint density at radius 1 is 1.03 bits per heavy atom. The van der Waals surface area contributed by atoms with Gasteiger partial charge in [-0.15, -0.1) is 0 Å². The van der Waals surface area contributed by atoms with Crippen molar-refractivity contribution in [1.29, 1.82) is 0 Å². The molecule has 0 aliphatic heterocycles. The SMILES string of the molecule is COc1ccc(/C=N\Nc2cc(C)nc(-c3cc(Br)cc(Br)c3O)n2)cc1OC. The minimum atomic E-state index is 0.0681. The molecule has 1 aromatic heterocycles. The number of ether oxygens (including phenoxy) is 2. The molecule has 0 spiro atoms. The van der Waals surface area contributed by atoms with E-state index in [4.69, 9.17) is 9.47 Å². The summed E-state index contributed by atoms with van der Waals surface area (Å²) in [5.74, 6) is 2.22. The summed E-state index contributed by atoms with van der Waals surface area (Å²) >= 11 is 6.74. The average molecular weight is 522 g/mol. The fourth-order valence-corrected chi connectivity index (χ4v) is 3.81. The van der Waals surface area contributed by atoms with Gasteiger partial charge >= 0.3 is 0 Å². The summed E-state index contributed by atoms with van der Waals surface area (Å²) < 4.78 is 11.9. The Labute approximate surface area is 185 Å². The van der Waals surface area contributed by atoms with Crippen LogP contribution in [0.15, 0.2) is 50.4 Å². The number of nitrogens with zero attached hydrogens (tertiary/aromatic N) is 3. The van der Waals surface area contributed by atoms with Gasteiger partial charge in [-0.3, -0.25) is 5.43 Å². The molecular formula is C20H18Br2N4O3. The zero-order valence-electron chi connectivity index (χ0n) is 15.9. The molecule has 0 aliphatic carbocycles. The highest BCUT2D eigenvalue weighted by Crippen LogP contribution is 2.37. The van der Waals surface area contributed by atoms with E-state index in [1.807, 2.05) is 19.1 Å². The van der Waals surface area contributed by atoms with Crippen LogP contribution in [0.2, 0.25) is 0 Å². The quantitative estimate of drug-likeness (QED) is 0.344. The van der Waals surface area contributed by atoms with Crippen LogP contribution in [-0.2, 0) is 0 Å². The van der Waals surface area contributed by atoms with E-state index < -0.39 is 0 Å². The summed E-state index contributed by atoms with van der Waals surface area (Å²) in [5, 5.41) is 14.6. The zero-order chi connectivity index (χ0) is 21.0. The fraction of sp³-hybridized carbons (Fsp3) is 0.150. The molecule has 0 fully saturated rings. The first-order chi connectivity index (χ1) is 13.9. The van der Waals surface area contributed by atoms with Crippen LogP contribution in [-0.4, -0.2) is 35.5 Å². The van der Waals surface area contributed by atoms with Crippen LogP contribution in [0.4, 0.5) is 5.82 Å². The summed E-state index contributed by atoms with van der Waals surface area (Å²) in [7, 11) is 3.17. The molecule has 0 radical (unpaired) electrons. The summed E-state index contributed by atoms with van der Waals surface area (Å²) in [6.07, 6.45) is 1.65. The smallest absolute Gasteiger partial charge is 0.165 e. The largest absolute Gasteiger partial charge is 0.506 e. The lowest BCUT2D eigenvalue weighted by molar-refractivity contribution is 0.355. The Balaban J connectivity index is 1.85. The minimum Gasteiger partial charge on any atom is -0.506 e. The van der Waals surface area contributed by atoms with Gasteiger partial charge in [-0.05, 0) is 58.7 Å². The number of nitrogens with one attached hydrogen (secondary N) is 1. The second-order valence-electron chi connectivity index (χ2n) is 5.99. The second kappa shape index (κ2) is 9.23. The van der Waals surface area contributed by atoms with Crippen LogP contribution in [0.1, 0.15) is 11.3 Å². The summed E-state index contributed by atoms with van der Waals surface area (Å²) in [6.45, 7) is 1.85. The normalized spacial score (nSPS) is 10.9. The number of halogens is 2. The molecule has 1 heterocycles. The first kappa shape index (κ1) is 21.1. The maximum Gasteiger partial charge on any atom is 0.165 e. The number of aromatic nitrogens is 2. The van der Waals surface area contributed by atoms with Crippen molar-refractivity contribution in [3.05, 3.63) is 56.6 Å². The van der Waals surface area contributed by atoms with Gasteiger partial charge < -0.3 is 14.6 Å². The number of benzene rings is 2. The molecule has 3 rings (SSSR count). The number of hydrazone groups is 1. The number of aryl methyl sites for hydroxylation is 1. The maximum absolute atomic E-state index is 10.4. The highest BCUT2D eigenvalue weighted by molar-refractivity contribution is 9.11. The van der Waals surface area contributed by atoms with E-state index >= 15 is 0 Å². The van der Waals surface area contributed by atoms with E-state index in [2.05, 4.69) is 52.4 Å². The third kappa shape index (κ3) is 5.04. The average Bonchev–Trinajstić information content (AvgIpc) is 2.70. The van der Waals surface area contributed by atoms with Crippen LogP contribution < -0.4 is 14.9 Å². The van der Waals surface area contributed by atoms with Gasteiger partial charge in [-0.1, -0.05) is 15.9 Å². The van der Waals surface area contributed by atoms with Crippen LogP contribution in [0.5, 0.6) is 17.2 Å². The molecule has 0 saturated carbocycles. The van der Waals surface area contributed by atoms with E-state index in [1.165, 1.54) is 0 Å². The summed E-state index contributed by atoms with van der Waals surface area (Å²) in [5.41, 5.74) is 4.96. The maximum atomic E-state index is 10.4. The van der Waals surface area contributed by atoms with Crippen molar-refractivity contribution in [3.8, 4) is 28.6 Å². The van der Waals surface area contributed by atoms with Crippen LogP contribution >= 0.6 is 31.9 Å². The van der Waals surface area contributed by atoms with Crippen molar-refractivity contribution in [3.63, 3.8) is 0 Å². The highest BCUT2D eigenvalue weighted by atomic mass is 79.9. The van der Waals surface area contributed by atoms with Crippen molar-refractivity contribution in [2.24, 2.45) is 5.10 Å². The number of phenolic OH excluding ortho intramolecular Hbond substituents is 1. The van der Waals surface area contributed by atoms with E-state index in [-0.39, 0.29) is 5.75 Å². The monoisotopic (exact) mass is 520 g/mol. The lowest BCUT2D eigenvalue weighted by Gasteiger charge is -2.09. The van der Waals surface area contributed by atoms with Gasteiger partial charge in [-0.2, -0.15) is 5.10 Å². The van der Waals surface area contributed by atoms with Gasteiger partial charge in [-0.25, -0.2) is 9.97 Å². The zero-order valence-corrected chi connectivity index (χ0v) is 19.1. The standard InChI is InChI=1S/C20H18Br2N4O3/c1-11-6-18(25-20(24-11)14-8-13(21)9-15(22)19(14)27)26-23-10-12-4-5-16(28-2)17(7-12)29-3/h4-10,27H,1-3H3,(H,24,25,26)/b23-10-. The molecule has 0 bridgehead atoms. The molecule has 0 unspecified atom stereocenters. The van der Waals surface area contributed by atoms with Gasteiger partial charge in [0, 0.05) is 16.2 Å². The third-order valence-electron chi connectivity index (χ3n) is 3.92. The van der Waals surface area contributed by atoms with Crippen molar-refractivity contribution < 1.29 is 14.6 Å². The molecule has 2 N–H and O–H groups in total. The fourth-order valence-electron chi connectivity index (χ4n) is 2.59.